The summed E-state index contributed by atoms with van der Waals surface area (Å²) in [5, 5.41) is 3.69. The van der Waals surface area contributed by atoms with E-state index in [2.05, 4.69) is 46.5 Å². The van der Waals surface area contributed by atoms with E-state index in [-0.39, 0.29) is 10.9 Å². The summed E-state index contributed by atoms with van der Waals surface area (Å²) < 4.78 is 29.9. The van der Waals surface area contributed by atoms with Gasteiger partial charge in [-0.1, -0.05) is 103 Å². The van der Waals surface area contributed by atoms with Crippen molar-refractivity contribution < 1.29 is 8.42 Å². The largest absolute Gasteiger partial charge is 0.308 e. The second kappa shape index (κ2) is 12.1. The SMILES string of the molecule is Cc1ccc(S(=O)(=O)N[C@H](c2ccccc2)[C@H](NCCC[C@H]2C=CC=CC2)c2ccccc2)cc1. The van der Waals surface area contributed by atoms with Crippen molar-refractivity contribution in [2.75, 3.05) is 6.54 Å². The van der Waals surface area contributed by atoms with Crippen LogP contribution in [0.4, 0.5) is 0 Å². The fourth-order valence-electron chi connectivity index (χ4n) is 4.50. The van der Waals surface area contributed by atoms with Crippen molar-refractivity contribution in [2.45, 2.75) is 43.2 Å². The fourth-order valence-corrected chi connectivity index (χ4v) is 5.73. The lowest BCUT2D eigenvalue weighted by Gasteiger charge is -2.30. The molecule has 5 heteroatoms. The smallest absolute Gasteiger partial charge is 0.241 e. The van der Waals surface area contributed by atoms with Crippen molar-refractivity contribution in [2.24, 2.45) is 5.92 Å². The van der Waals surface area contributed by atoms with E-state index >= 15 is 0 Å². The summed E-state index contributed by atoms with van der Waals surface area (Å²) in [5.74, 6) is 0.571. The molecule has 3 aromatic rings. The Morgan fingerprint density at radius 1 is 0.829 bits per heavy atom. The van der Waals surface area contributed by atoms with Crippen LogP contribution >= 0.6 is 0 Å². The lowest BCUT2D eigenvalue weighted by atomic mass is 9.93. The van der Waals surface area contributed by atoms with Gasteiger partial charge in [0.15, 0.2) is 0 Å². The van der Waals surface area contributed by atoms with Crippen molar-refractivity contribution in [1.29, 1.82) is 0 Å². The van der Waals surface area contributed by atoms with Gasteiger partial charge in [-0.15, -0.1) is 0 Å². The average molecular weight is 487 g/mol. The van der Waals surface area contributed by atoms with Gasteiger partial charge in [-0.3, -0.25) is 0 Å². The highest BCUT2D eigenvalue weighted by Gasteiger charge is 2.29. The average Bonchev–Trinajstić information content (AvgIpc) is 2.89. The van der Waals surface area contributed by atoms with Gasteiger partial charge in [0.25, 0.3) is 0 Å². The van der Waals surface area contributed by atoms with Gasteiger partial charge >= 0.3 is 0 Å². The predicted molar refractivity (Wildman–Crippen MR) is 143 cm³/mol. The first-order chi connectivity index (χ1) is 17.0. The molecule has 0 radical (unpaired) electrons. The maximum atomic E-state index is 13.4. The third-order valence-electron chi connectivity index (χ3n) is 6.45. The number of rotatable bonds is 11. The molecule has 2 N–H and O–H groups in total. The van der Waals surface area contributed by atoms with Crippen molar-refractivity contribution >= 4 is 10.0 Å². The Morgan fingerprint density at radius 3 is 2.06 bits per heavy atom. The van der Waals surface area contributed by atoms with Crippen LogP contribution in [0.15, 0.2) is 114 Å². The van der Waals surface area contributed by atoms with Crippen LogP contribution in [-0.2, 0) is 10.0 Å². The van der Waals surface area contributed by atoms with Gasteiger partial charge in [-0.05, 0) is 61.9 Å². The first-order valence-electron chi connectivity index (χ1n) is 12.3. The molecule has 1 aliphatic carbocycles. The molecule has 0 aliphatic heterocycles. The third-order valence-corrected chi connectivity index (χ3v) is 7.91. The van der Waals surface area contributed by atoms with E-state index in [0.717, 1.165) is 42.5 Å². The molecule has 35 heavy (non-hydrogen) atoms. The minimum Gasteiger partial charge on any atom is -0.308 e. The number of hydrogen-bond acceptors (Lipinski definition) is 3. The number of nitrogens with one attached hydrogen (secondary N) is 2. The molecule has 0 fully saturated rings. The summed E-state index contributed by atoms with van der Waals surface area (Å²) in [6, 6.07) is 26.2. The first-order valence-corrected chi connectivity index (χ1v) is 13.8. The zero-order valence-electron chi connectivity index (χ0n) is 20.2. The summed E-state index contributed by atoms with van der Waals surface area (Å²) in [4.78, 5) is 0.271. The van der Waals surface area contributed by atoms with Gasteiger partial charge < -0.3 is 5.32 Å². The summed E-state index contributed by atoms with van der Waals surface area (Å²) in [7, 11) is -3.73. The number of sulfonamides is 1. The number of allylic oxidation sites excluding steroid dienone is 4. The molecule has 4 nitrogen and oxygen atoms in total. The van der Waals surface area contributed by atoms with Crippen LogP contribution in [0.3, 0.4) is 0 Å². The highest BCUT2D eigenvalue weighted by atomic mass is 32.2. The van der Waals surface area contributed by atoms with Crippen LogP contribution in [0.5, 0.6) is 0 Å². The first kappa shape index (κ1) is 25.1. The van der Waals surface area contributed by atoms with Crippen LogP contribution in [-0.4, -0.2) is 15.0 Å². The molecule has 0 saturated heterocycles. The molecule has 0 heterocycles. The number of benzene rings is 3. The standard InChI is InChI=1S/C30H34N2O2S/c1-24-19-21-28(22-20-24)35(33,34)32-30(27-17-9-4-10-18-27)29(26-15-7-3-8-16-26)31-23-11-14-25-12-5-2-6-13-25/h2-10,12,15-22,25,29-32H,11,13-14,23H2,1H3/t25-,29+,30+/m0/s1. The van der Waals surface area contributed by atoms with E-state index in [1.54, 1.807) is 12.1 Å². The molecule has 3 aromatic carbocycles. The van der Waals surface area contributed by atoms with Gasteiger partial charge in [0, 0.05) is 0 Å². The van der Waals surface area contributed by atoms with Gasteiger partial charge in [0.05, 0.1) is 17.0 Å². The predicted octanol–water partition coefficient (Wildman–Crippen LogP) is 6.26. The van der Waals surface area contributed by atoms with Crippen molar-refractivity contribution in [3.63, 3.8) is 0 Å². The molecular weight excluding hydrogens is 452 g/mol. The Bertz CT molecular complexity index is 1220. The van der Waals surface area contributed by atoms with Crippen molar-refractivity contribution in [3.05, 3.63) is 126 Å². The zero-order valence-corrected chi connectivity index (χ0v) is 21.0. The van der Waals surface area contributed by atoms with Gasteiger partial charge in [-0.25, -0.2) is 13.1 Å². The van der Waals surface area contributed by atoms with Crippen LogP contribution in [0.25, 0.3) is 0 Å². The fraction of sp³-hybridized carbons (Fsp3) is 0.267. The quantitative estimate of drug-likeness (QED) is 0.315. The Morgan fingerprint density at radius 2 is 1.46 bits per heavy atom. The molecule has 0 bridgehead atoms. The van der Waals surface area contributed by atoms with Crippen LogP contribution < -0.4 is 10.0 Å². The second-order valence-electron chi connectivity index (χ2n) is 9.12. The molecule has 0 aromatic heterocycles. The molecule has 3 atom stereocenters. The van der Waals surface area contributed by atoms with E-state index in [9.17, 15) is 8.42 Å². The summed E-state index contributed by atoms with van der Waals surface area (Å²) >= 11 is 0. The lowest BCUT2D eigenvalue weighted by Crippen LogP contribution is -2.39. The summed E-state index contributed by atoms with van der Waals surface area (Å²) in [6.07, 6.45) is 11.9. The maximum Gasteiger partial charge on any atom is 0.241 e. The molecule has 0 saturated carbocycles. The lowest BCUT2D eigenvalue weighted by molar-refractivity contribution is 0.410. The molecule has 182 valence electrons. The Kier molecular flexibility index (Phi) is 8.69. The third kappa shape index (κ3) is 7.01. The monoisotopic (exact) mass is 486 g/mol. The molecular formula is C30H34N2O2S. The van der Waals surface area contributed by atoms with E-state index < -0.39 is 16.1 Å². The van der Waals surface area contributed by atoms with Gasteiger partial charge in [-0.2, -0.15) is 0 Å². The molecule has 0 amide bonds. The van der Waals surface area contributed by atoms with E-state index in [0.29, 0.717) is 5.92 Å². The Balaban J connectivity index is 1.59. The van der Waals surface area contributed by atoms with Crippen LogP contribution in [0.1, 0.15) is 48.0 Å². The van der Waals surface area contributed by atoms with Crippen LogP contribution in [0.2, 0.25) is 0 Å². The topological polar surface area (TPSA) is 58.2 Å². The normalized spacial score (nSPS) is 17.2. The van der Waals surface area contributed by atoms with Crippen molar-refractivity contribution in [3.8, 4) is 0 Å². The Labute approximate surface area is 209 Å². The molecule has 0 unspecified atom stereocenters. The van der Waals surface area contributed by atoms with E-state index in [4.69, 9.17) is 0 Å². The summed E-state index contributed by atoms with van der Waals surface area (Å²) in [5.41, 5.74) is 2.99. The minimum absolute atomic E-state index is 0.222. The van der Waals surface area contributed by atoms with Gasteiger partial charge in [0.1, 0.15) is 0 Å². The molecule has 0 spiro atoms. The molecule has 1 aliphatic rings. The number of aryl methyl sites for hydroxylation is 1. The van der Waals surface area contributed by atoms with Crippen LogP contribution in [0, 0.1) is 12.8 Å². The highest BCUT2D eigenvalue weighted by Crippen LogP contribution is 2.31. The summed E-state index contributed by atoms with van der Waals surface area (Å²) in [6.45, 7) is 2.74. The van der Waals surface area contributed by atoms with E-state index in [1.807, 2.05) is 67.6 Å². The zero-order chi connectivity index (χ0) is 24.5. The van der Waals surface area contributed by atoms with Crippen molar-refractivity contribution in [1.82, 2.24) is 10.0 Å². The van der Waals surface area contributed by atoms with E-state index in [1.165, 1.54) is 0 Å². The Hall–Kier alpha value is -2.99. The maximum absolute atomic E-state index is 13.4. The minimum atomic E-state index is -3.73. The van der Waals surface area contributed by atoms with Gasteiger partial charge in [0.2, 0.25) is 10.0 Å². The highest BCUT2D eigenvalue weighted by molar-refractivity contribution is 7.89. The second-order valence-corrected chi connectivity index (χ2v) is 10.8. The molecule has 4 rings (SSSR count). The number of hydrogen-bond donors (Lipinski definition) is 2.